The van der Waals surface area contributed by atoms with Gasteiger partial charge in [0, 0.05) is 45.0 Å². The van der Waals surface area contributed by atoms with Crippen molar-refractivity contribution in [2.24, 2.45) is 5.92 Å². The maximum atomic E-state index is 6.40. The molecule has 3 aromatic heterocycles. The van der Waals surface area contributed by atoms with Gasteiger partial charge in [-0.1, -0.05) is 126 Å². The van der Waals surface area contributed by atoms with E-state index < -0.39 is 0 Å². The first-order chi connectivity index (χ1) is 25.3. The number of benzene rings is 4. The van der Waals surface area contributed by atoms with Gasteiger partial charge in [0.15, 0.2) is 12.1 Å². The molecule has 0 fully saturated rings. The molecule has 258 valence electrons. The van der Waals surface area contributed by atoms with Crippen molar-refractivity contribution in [3.05, 3.63) is 155 Å². The Labute approximate surface area is 306 Å². The first kappa shape index (κ1) is 31.3. The van der Waals surface area contributed by atoms with Gasteiger partial charge in [0.1, 0.15) is 41.8 Å². The number of allylic oxidation sites excluding steroid dienone is 1. The lowest BCUT2D eigenvalue weighted by molar-refractivity contribution is -0.711. The van der Waals surface area contributed by atoms with Gasteiger partial charge in [-0.25, -0.2) is 13.7 Å². The summed E-state index contributed by atoms with van der Waals surface area (Å²) >= 11 is 0. The van der Waals surface area contributed by atoms with Crippen LogP contribution >= 0.6 is 0 Å². The van der Waals surface area contributed by atoms with E-state index in [2.05, 4.69) is 182 Å². The molecule has 0 radical (unpaired) electrons. The van der Waals surface area contributed by atoms with E-state index in [0.29, 0.717) is 17.8 Å². The third-order valence-corrected chi connectivity index (χ3v) is 12.2. The summed E-state index contributed by atoms with van der Waals surface area (Å²) in [4.78, 5) is 0. The SMILES string of the molecule is CC(C)c1cccc(C(C)C)c1-n1cc[n+]2c1-c1ccccc1C1C2c2ccccc2-c2n1cc[n+]2C[C@H](C)C1=Cc2c(oc3ccccc23)C1C. The van der Waals surface area contributed by atoms with Gasteiger partial charge in [0.05, 0.1) is 17.7 Å². The van der Waals surface area contributed by atoms with Crippen LogP contribution < -0.4 is 9.13 Å². The number of rotatable bonds is 6. The summed E-state index contributed by atoms with van der Waals surface area (Å²) in [5, 5.41) is 1.22. The summed E-state index contributed by atoms with van der Waals surface area (Å²) in [5.41, 5.74) is 13.1. The topological polar surface area (TPSA) is 30.8 Å². The van der Waals surface area contributed by atoms with Gasteiger partial charge in [0.2, 0.25) is 0 Å². The minimum Gasteiger partial charge on any atom is -0.460 e. The van der Waals surface area contributed by atoms with Crippen LogP contribution in [0.1, 0.15) is 105 Å². The van der Waals surface area contributed by atoms with Crippen molar-refractivity contribution in [2.45, 2.75) is 77.9 Å². The zero-order valence-electron chi connectivity index (χ0n) is 30.9. The van der Waals surface area contributed by atoms with Crippen molar-refractivity contribution in [1.82, 2.24) is 9.13 Å². The van der Waals surface area contributed by atoms with Gasteiger partial charge < -0.3 is 4.42 Å². The van der Waals surface area contributed by atoms with Crippen molar-refractivity contribution in [2.75, 3.05) is 0 Å². The highest BCUT2D eigenvalue weighted by Crippen LogP contribution is 2.50. The number of imidazole rings is 2. The third-order valence-electron chi connectivity index (χ3n) is 12.2. The van der Waals surface area contributed by atoms with E-state index in [9.17, 15) is 0 Å². The fourth-order valence-corrected chi connectivity index (χ4v) is 9.80. The molecule has 2 aliphatic heterocycles. The fraction of sp³-hybridized carbons (Fsp3) is 0.277. The number of hydrogen-bond acceptors (Lipinski definition) is 1. The number of fused-ring (bicyclic) bond motifs is 14. The summed E-state index contributed by atoms with van der Waals surface area (Å²) in [6, 6.07) is 33.8. The smallest absolute Gasteiger partial charge is 0.295 e. The third kappa shape index (κ3) is 4.35. The zero-order chi connectivity index (χ0) is 35.4. The highest BCUT2D eigenvalue weighted by Gasteiger charge is 2.51. The van der Waals surface area contributed by atoms with Crippen LogP contribution in [0.25, 0.3) is 45.5 Å². The van der Waals surface area contributed by atoms with Crippen molar-refractivity contribution in [3.8, 4) is 28.5 Å². The second-order valence-electron chi connectivity index (χ2n) is 15.9. The van der Waals surface area contributed by atoms with Crippen molar-refractivity contribution >= 4 is 17.0 Å². The molecule has 4 aromatic carbocycles. The summed E-state index contributed by atoms with van der Waals surface area (Å²) in [6.45, 7) is 14.8. The molecule has 0 bridgehead atoms. The average Bonchev–Trinajstić information content (AvgIpc) is 3.94. The molecule has 0 saturated heterocycles. The monoisotopic (exact) mass is 682 g/mol. The van der Waals surface area contributed by atoms with Crippen LogP contribution in [0, 0.1) is 5.92 Å². The van der Waals surface area contributed by atoms with Gasteiger partial charge in [0.25, 0.3) is 11.6 Å². The van der Waals surface area contributed by atoms with Crippen LogP contribution in [-0.2, 0) is 6.54 Å². The number of nitrogens with zero attached hydrogens (tertiary/aromatic N) is 4. The summed E-state index contributed by atoms with van der Waals surface area (Å²) in [5.74, 6) is 5.05. The Morgan fingerprint density at radius 3 is 2.13 bits per heavy atom. The van der Waals surface area contributed by atoms with Crippen LogP contribution in [0.15, 0.2) is 126 Å². The van der Waals surface area contributed by atoms with Crippen molar-refractivity contribution < 1.29 is 13.6 Å². The Bertz CT molecular complexity index is 2550. The lowest BCUT2D eigenvalue weighted by Crippen LogP contribution is -2.51. The lowest BCUT2D eigenvalue weighted by atomic mass is 9.82. The summed E-state index contributed by atoms with van der Waals surface area (Å²) < 4.78 is 16.5. The fourth-order valence-electron chi connectivity index (χ4n) is 9.80. The quantitative estimate of drug-likeness (QED) is 0.161. The zero-order valence-corrected chi connectivity index (χ0v) is 30.9. The summed E-state index contributed by atoms with van der Waals surface area (Å²) in [6.07, 6.45) is 11.7. The minimum atomic E-state index is 0.115. The highest BCUT2D eigenvalue weighted by atomic mass is 16.3. The number of hydrogen-bond donors (Lipinski definition) is 0. The van der Waals surface area contributed by atoms with Gasteiger partial charge in [-0.2, -0.15) is 4.57 Å². The predicted octanol–water partition coefficient (Wildman–Crippen LogP) is 10.5. The second-order valence-corrected chi connectivity index (χ2v) is 15.9. The Morgan fingerprint density at radius 2 is 1.38 bits per heavy atom. The lowest BCUT2D eigenvalue weighted by Gasteiger charge is -2.34. The average molecular weight is 683 g/mol. The van der Waals surface area contributed by atoms with Gasteiger partial charge >= 0.3 is 0 Å². The molecule has 1 aliphatic carbocycles. The van der Waals surface area contributed by atoms with E-state index in [1.54, 1.807) is 0 Å². The number of para-hydroxylation sites is 2. The molecule has 10 rings (SSSR count). The highest BCUT2D eigenvalue weighted by molar-refractivity contribution is 5.91. The van der Waals surface area contributed by atoms with E-state index in [4.69, 9.17) is 4.42 Å². The van der Waals surface area contributed by atoms with E-state index in [1.807, 2.05) is 0 Å². The Balaban J connectivity index is 1.11. The molecular formula is C47H46N4O+2. The molecule has 0 saturated carbocycles. The second kappa shape index (κ2) is 11.5. The maximum absolute atomic E-state index is 6.40. The largest absolute Gasteiger partial charge is 0.460 e. The van der Waals surface area contributed by atoms with Crippen LogP contribution in [0.5, 0.6) is 0 Å². The molecule has 4 atom stereocenters. The van der Waals surface area contributed by atoms with E-state index >= 15 is 0 Å². The minimum absolute atomic E-state index is 0.115. The molecule has 0 spiro atoms. The molecule has 0 amide bonds. The van der Waals surface area contributed by atoms with Crippen LogP contribution in [-0.4, -0.2) is 9.13 Å². The Hall–Kier alpha value is -5.42. The molecular weight excluding hydrogens is 637 g/mol. The van der Waals surface area contributed by atoms with E-state index in [1.165, 1.54) is 67.2 Å². The summed E-state index contributed by atoms with van der Waals surface area (Å²) in [7, 11) is 0. The van der Waals surface area contributed by atoms with Crippen molar-refractivity contribution in [3.63, 3.8) is 0 Å². The predicted molar refractivity (Wildman–Crippen MR) is 208 cm³/mol. The molecule has 5 heterocycles. The van der Waals surface area contributed by atoms with Gasteiger partial charge in [-0.05, 0) is 30.0 Å². The van der Waals surface area contributed by atoms with Gasteiger partial charge in [-0.3, -0.25) is 0 Å². The standard InChI is InChI=1S/C47H46N4O/c1-28(2)32-19-13-20-33(29(3)4)42(32)49-24-25-51-44-35-15-7-9-17-37(35)46-48(22-23-50(46)43(44)36-16-8-10-18-38(36)47(49)51)27-30(5)39-26-40-34-14-11-12-21-41(34)52-45(40)31(39)6/h7-26,28-31,43-44H,27H2,1-6H3/q+2/t30-,31?,43?,44?/m0/s1. The molecule has 7 aromatic rings. The molecule has 5 heteroatoms. The van der Waals surface area contributed by atoms with E-state index in [0.717, 1.165) is 17.9 Å². The maximum Gasteiger partial charge on any atom is 0.295 e. The first-order valence-corrected chi connectivity index (χ1v) is 19.1. The van der Waals surface area contributed by atoms with Crippen molar-refractivity contribution in [1.29, 1.82) is 0 Å². The van der Waals surface area contributed by atoms with Gasteiger partial charge in [-0.15, -0.1) is 0 Å². The molecule has 3 unspecified atom stereocenters. The van der Waals surface area contributed by atoms with Crippen LogP contribution in [0.3, 0.4) is 0 Å². The molecule has 5 nitrogen and oxygen atoms in total. The Morgan fingerprint density at radius 1 is 0.712 bits per heavy atom. The first-order valence-electron chi connectivity index (χ1n) is 19.1. The Kier molecular flexibility index (Phi) is 6.95. The molecule has 52 heavy (non-hydrogen) atoms. The van der Waals surface area contributed by atoms with Crippen LogP contribution in [0.2, 0.25) is 0 Å². The normalized spacial score (nSPS) is 18.8. The molecule has 3 aliphatic rings. The van der Waals surface area contributed by atoms with Crippen LogP contribution in [0.4, 0.5) is 0 Å². The molecule has 0 N–H and O–H groups in total. The number of aromatic nitrogens is 4. The van der Waals surface area contributed by atoms with E-state index in [-0.39, 0.29) is 18.0 Å². The number of furan rings is 1.